The Labute approximate surface area is 453 Å². The minimum atomic E-state index is -5.01. The minimum Gasteiger partial charge on any atom is -0.307 e. The molecule has 80 heavy (non-hydrogen) atoms. The maximum atomic E-state index is 16.1. The van der Waals surface area contributed by atoms with E-state index in [4.69, 9.17) is 29.9 Å². The standard InChI is InChI=1S/C67H39F5N8/c68-47-33-46(34-48(69)37-47)53-38-59(79-55-27-15-13-25-49(55)51-31-29-44(35-57(51)79)65-75-61(40-17-5-1-6-18-40)73-62(76-65)41-19-7-2-8-20-41)60(39-54(53)67(70,71)72)80-56-28-16-14-26-50(56)52-32-30-45(36-58(52)80)66-77-63(42-21-9-3-10-22-42)74-64(78-66)43-23-11-4-12-24-43/h1-39H. The van der Waals surface area contributed by atoms with Crippen LogP contribution in [0.5, 0.6) is 0 Å². The molecule has 4 heterocycles. The molecule has 10 aromatic carbocycles. The molecule has 0 radical (unpaired) electrons. The fraction of sp³-hybridized carbons (Fsp3) is 0.0149. The number of benzene rings is 10. The highest BCUT2D eigenvalue weighted by atomic mass is 19.4. The first-order chi connectivity index (χ1) is 39.1. The van der Waals surface area contributed by atoms with Gasteiger partial charge in [-0.05, 0) is 59.7 Å². The number of hydrogen-bond acceptors (Lipinski definition) is 6. The fourth-order valence-electron chi connectivity index (χ4n) is 10.7. The van der Waals surface area contributed by atoms with Gasteiger partial charge < -0.3 is 9.13 Å². The molecule has 8 nitrogen and oxygen atoms in total. The summed E-state index contributed by atoms with van der Waals surface area (Å²) in [5, 5.41) is 3.07. The van der Waals surface area contributed by atoms with Gasteiger partial charge in [-0.1, -0.05) is 182 Å². The summed E-state index contributed by atoms with van der Waals surface area (Å²) in [5.41, 5.74) is 5.22. The lowest BCUT2D eigenvalue weighted by Crippen LogP contribution is -2.12. The minimum absolute atomic E-state index is 0.123. The molecule has 0 saturated carbocycles. The summed E-state index contributed by atoms with van der Waals surface area (Å²) in [6.45, 7) is 0. The van der Waals surface area contributed by atoms with E-state index in [9.17, 15) is 0 Å². The average molecular weight is 1050 g/mol. The average Bonchev–Trinajstić information content (AvgIpc) is 4.10. The molecule has 14 rings (SSSR count). The molecule has 0 spiro atoms. The van der Waals surface area contributed by atoms with Crippen LogP contribution >= 0.6 is 0 Å². The monoisotopic (exact) mass is 1050 g/mol. The van der Waals surface area contributed by atoms with E-state index in [0.29, 0.717) is 74.2 Å². The molecule has 0 atom stereocenters. The van der Waals surface area contributed by atoms with Crippen molar-refractivity contribution in [1.29, 1.82) is 0 Å². The highest BCUT2D eigenvalue weighted by Crippen LogP contribution is 2.46. The van der Waals surface area contributed by atoms with Crippen LogP contribution in [0.2, 0.25) is 0 Å². The van der Waals surface area contributed by atoms with E-state index in [2.05, 4.69) is 0 Å². The molecule has 0 unspecified atom stereocenters. The molecule has 0 aliphatic heterocycles. The lowest BCUT2D eigenvalue weighted by Gasteiger charge is -2.22. The van der Waals surface area contributed by atoms with Gasteiger partial charge in [0.1, 0.15) is 11.6 Å². The summed E-state index contributed by atoms with van der Waals surface area (Å²) in [6, 6.07) is 70.0. The molecule has 13 heteroatoms. The maximum Gasteiger partial charge on any atom is 0.417 e. The summed E-state index contributed by atoms with van der Waals surface area (Å²) in [4.78, 5) is 29.9. The van der Waals surface area contributed by atoms with Crippen LogP contribution in [0.4, 0.5) is 22.0 Å². The lowest BCUT2D eigenvalue weighted by molar-refractivity contribution is -0.137. The molecular formula is C67H39F5N8. The Kier molecular flexibility index (Phi) is 11.5. The summed E-state index contributed by atoms with van der Waals surface area (Å²) in [7, 11) is 0. The van der Waals surface area contributed by atoms with Gasteiger partial charge in [-0.3, -0.25) is 0 Å². The number of para-hydroxylation sites is 2. The fourth-order valence-corrected chi connectivity index (χ4v) is 10.7. The van der Waals surface area contributed by atoms with Gasteiger partial charge in [-0.25, -0.2) is 38.7 Å². The van der Waals surface area contributed by atoms with E-state index in [-0.39, 0.29) is 16.9 Å². The zero-order chi connectivity index (χ0) is 54.1. The van der Waals surface area contributed by atoms with Crippen LogP contribution in [0.3, 0.4) is 0 Å². The van der Waals surface area contributed by atoms with Gasteiger partial charge in [0.05, 0.1) is 39.0 Å². The van der Waals surface area contributed by atoms with E-state index < -0.39 is 28.9 Å². The van der Waals surface area contributed by atoms with Crippen molar-refractivity contribution in [2.75, 3.05) is 0 Å². The van der Waals surface area contributed by atoms with Gasteiger partial charge in [-0.2, -0.15) is 13.2 Å². The van der Waals surface area contributed by atoms with Gasteiger partial charge in [0.15, 0.2) is 34.9 Å². The summed E-state index contributed by atoms with van der Waals surface area (Å²) in [6.07, 6.45) is -5.01. The number of hydrogen-bond donors (Lipinski definition) is 0. The quantitative estimate of drug-likeness (QED) is 0.134. The molecule has 0 aliphatic rings. The van der Waals surface area contributed by atoms with E-state index in [1.165, 1.54) is 6.07 Å². The Morgan fingerprint density at radius 2 is 0.600 bits per heavy atom. The number of fused-ring (bicyclic) bond motifs is 6. The van der Waals surface area contributed by atoms with Gasteiger partial charge in [0.2, 0.25) is 0 Å². The van der Waals surface area contributed by atoms with Crippen molar-refractivity contribution in [3.8, 4) is 90.8 Å². The summed E-state index contributed by atoms with van der Waals surface area (Å²) >= 11 is 0. The van der Waals surface area contributed by atoms with E-state index in [1.807, 2.05) is 215 Å². The van der Waals surface area contributed by atoms with Crippen LogP contribution in [0.1, 0.15) is 5.56 Å². The number of aromatic nitrogens is 8. The van der Waals surface area contributed by atoms with E-state index >= 15 is 22.0 Å². The number of nitrogens with zero attached hydrogens (tertiary/aromatic N) is 8. The Hall–Kier alpha value is -10.5. The van der Waals surface area contributed by atoms with Crippen molar-refractivity contribution in [2.24, 2.45) is 0 Å². The van der Waals surface area contributed by atoms with Crippen LogP contribution in [-0.4, -0.2) is 39.0 Å². The molecule has 4 aromatic heterocycles. The molecule has 0 N–H and O–H groups in total. The van der Waals surface area contributed by atoms with Gasteiger partial charge in [0.25, 0.3) is 0 Å². The second-order valence-corrected chi connectivity index (χ2v) is 19.3. The van der Waals surface area contributed by atoms with Crippen molar-refractivity contribution in [1.82, 2.24) is 39.0 Å². The third kappa shape index (κ3) is 8.48. The molecule has 0 aliphatic carbocycles. The molecular weight excluding hydrogens is 1010 g/mol. The Morgan fingerprint density at radius 3 is 0.975 bits per heavy atom. The Bertz CT molecular complexity index is 4580. The number of rotatable bonds is 9. The third-order valence-corrected chi connectivity index (χ3v) is 14.3. The van der Waals surface area contributed by atoms with E-state index in [0.717, 1.165) is 62.0 Å². The second kappa shape index (κ2) is 19.2. The third-order valence-electron chi connectivity index (χ3n) is 14.3. The molecule has 14 aromatic rings. The normalized spacial score (nSPS) is 11.8. The number of alkyl halides is 3. The van der Waals surface area contributed by atoms with Crippen LogP contribution in [-0.2, 0) is 6.18 Å². The van der Waals surface area contributed by atoms with Gasteiger partial charge in [0, 0.05) is 61.0 Å². The molecule has 0 bridgehead atoms. The summed E-state index contributed by atoms with van der Waals surface area (Å²) < 4.78 is 82.7. The van der Waals surface area contributed by atoms with Crippen LogP contribution in [0.25, 0.3) is 134 Å². The van der Waals surface area contributed by atoms with Crippen LogP contribution in [0, 0.1) is 11.6 Å². The molecule has 382 valence electrons. The first-order valence-corrected chi connectivity index (χ1v) is 25.6. The lowest BCUT2D eigenvalue weighted by atomic mass is 9.96. The zero-order valence-corrected chi connectivity index (χ0v) is 42.0. The van der Waals surface area contributed by atoms with Gasteiger partial charge in [-0.15, -0.1) is 0 Å². The Balaban J connectivity index is 1.07. The van der Waals surface area contributed by atoms with Crippen LogP contribution in [0.15, 0.2) is 237 Å². The molecule has 0 fully saturated rings. The topological polar surface area (TPSA) is 87.2 Å². The predicted octanol–water partition coefficient (Wildman–Crippen LogP) is 17.2. The SMILES string of the molecule is Fc1cc(F)cc(-c2cc(-n3c4ccccc4c4ccc(-c5nc(-c6ccccc6)nc(-c6ccccc6)n5)cc43)c(-n3c4ccccc4c4ccc(-c5nc(-c6ccccc6)nc(-c6ccccc6)n5)cc43)cc2C(F)(F)F)c1. The Morgan fingerprint density at radius 1 is 0.275 bits per heavy atom. The molecule has 0 saturated heterocycles. The van der Waals surface area contributed by atoms with E-state index in [1.54, 1.807) is 0 Å². The highest BCUT2D eigenvalue weighted by molar-refractivity contribution is 6.13. The number of halogens is 5. The first-order valence-electron chi connectivity index (χ1n) is 25.6. The predicted molar refractivity (Wildman–Crippen MR) is 305 cm³/mol. The van der Waals surface area contributed by atoms with Crippen molar-refractivity contribution in [3.63, 3.8) is 0 Å². The smallest absolute Gasteiger partial charge is 0.307 e. The van der Waals surface area contributed by atoms with Crippen molar-refractivity contribution < 1.29 is 22.0 Å². The van der Waals surface area contributed by atoms with Crippen LogP contribution < -0.4 is 0 Å². The molecule has 0 amide bonds. The van der Waals surface area contributed by atoms with Gasteiger partial charge >= 0.3 is 6.18 Å². The maximum absolute atomic E-state index is 16.1. The van der Waals surface area contributed by atoms with Crippen molar-refractivity contribution in [2.45, 2.75) is 6.18 Å². The summed E-state index contributed by atoms with van der Waals surface area (Å²) in [5.74, 6) is 0.418. The largest absolute Gasteiger partial charge is 0.417 e. The van der Waals surface area contributed by atoms with Crippen molar-refractivity contribution in [3.05, 3.63) is 254 Å². The second-order valence-electron chi connectivity index (χ2n) is 19.3. The van der Waals surface area contributed by atoms with Crippen molar-refractivity contribution >= 4 is 43.6 Å². The zero-order valence-electron chi connectivity index (χ0n) is 42.0. The highest BCUT2D eigenvalue weighted by Gasteiger charge is 2.36. The first kappa shape index (κ1) is 47.9.